The van der Waals surface area contributed by atoms with Crippen LogP contribution >= 0.6 is 11.3 Å². The van der Waals surface area contributed by atoms with Crippen LogP contribution < -0.4 is 10.1 Å². The normalized spacial score (nSPS) is 10.5. The molecule has 0 aliphatic carbocycles. The van der Waals surface area contributed by atoms with Gasteiger partial charge in [-0.25, -0.2) is 0 Å². The van der Waals surface area contributed by atoms with Crippen LogP contribution in [0.3, 0.4) is 0 Å². The molecule has 0 saturated heterocycles. The summed E-state index contributed by atoms with van der Waals surface area (Å²) in [5, 5.41) is 6.79. The van der Waals surface area contributed by atoms with E-state index in [4.69, 9.17) is 4.74 Å². The highest BCUT2D eigenvalue weighted by molar-refractivity contribution is 7.17. The predicted molar refractivity (Wildman–Crippen MR) is 82.3 cm³/mol. The van der Waals surface area contributed by atoms with E-state index in [1.807, 2.05) is 30.3 Å². The van der Waals surface area contributed by atoms with Gasteiger partial charge >= 0.3 is 0 Å². The number of para-hydroxylation sites is 1. The van der Waals surface area contributed by atoms with Gasteiger partial charge in [0.25, 0.3) is 0 Å². The van der Waals surface area contributed by atoms with Gasteiger partial charge in [0.05, 0.1) is 0 Å². The van der Waals surface area contributed by atoms with E-state index in [9.17, 15) is 0 Å². The van der Waals surface area contributed by atoms with Crippen molar-refractivity contribution < 1.29 is 4.74 Å². The fraction of sp³-hybridized carbons (Fsp3) is 0.125. The minimum Gasteiger partial charge on any atom is -0.492 e. The maximum atomic E-state index is 5.64. The molecule has 0 saturated carbocycles. The largest absolute Gasteiger partial charge is 0.492 e. The molecule has 1 N–H and O–H groups in total. The van der Waals surface area contributed by atoms with Crippen LogP contribution in [0.1, 0.15) is 0 Å². The maximum absolute atomic E-state index is 5.64. The summed E-state index contributed by atoms with van der Waals surface area (Å²) in [5.74, 6) is 0.914. The lowest BCUT2D eigenvalue weighted by Gasteiger charge is -2.08. The first-order valence-corrected chi connectivity index (χ1v) is 7.19. The fourth-order valence-corrected chi connectivity index (χ4v) is 2.73. The summed E-state index contributed by atoms with van der Waals surface area (Å²) in [7, 11) is 0. The summed E-state index contributed by atoms with van der Waals surface area (Å²) < 4.78 is 6.96. The van der Waals surface area contributed by atoms with Crippen LogP contribution in [0.2, 0.25) is 0 Å². The van der Waals surface area contributed by atoms with E-state index >= 15 is 0 Å². The second-order valence-electron chi connectivity index (χ2n) is 4.26. The van der Waals surface area contributed by atoms with Crippen molar-refractivity contribution in [3.05, 3.63) is 60.0 Å². The van der Waals surface area contributed by atoms with Gasteiger partial charge < -0.3 is 10.1 Å². The quantitative estimate of drug-likeness (QED) is 0.693. The van der Waals surface area contributed by atoms with Crippen molar-refractivity contribution in [2.45, 2.75) is 0 Å². The molecule has 3 aromatic rings. The Morgan fingerprint density at radius 2 is 1.89 bits per heavy atom. The molecule has 0 unspecified atom stereocenters. The summed E-state index contributed by atoms with van der Waals surface area (Å²) >= 11 is 1.77. The molecule has 0 bridgehead atoms. The number of hydrogen-bond donors (Lipinski definition) is 1. The first kappa shape index (κ1) is 12.1. The Balaban J connectivity index is 1.52. The highest BCUT2D eigenvalue weighted by Crippen LogP contribution is 2.23. The second-order valence-corrected chi connectivity index (χ2v) is 5.21. The van der Waals surface area contributed by atoms with Gasteiger partial charge in [-0.05, 0) is 47.2 Å². The van der Waals surface area contributed by atoms with Crippen LogP contribution in [-0.4, -0.2) is 13.2 Å². The first-order valence-electron chi connectivity index (χ1n) is 6.31. The molecule has 96 valence electrons. The van der Waals surface area contributed by atoms with Crippen LogP contribution in [0.4, 0.5) is 5.69 Å². The number of hydrogen-bond acceptors (Lipinski definition) is 3. The summed E-state index contributed by atoms with van der Waals surface area (Å²) in [4.78, 5) is 0. The van der Waals surface area contributed by atoms with E-state index in [-0.39, 0.29) is 0 Å². The lowest BCUT2D eigenvalue weighted by Crippen LogP contribution is -2.11. The molecule has 0 radical (unpaired) electrons. The fourth-order valence-electron chi connectivity index (χ4n) is 1.96. The van der Waals surface area contributed by atoms with E-state index in [0.29, 0.717) is 6.61 Å². The summed E-state index contributed by atoms with van der Waals surface area (Å²) in [6.45, 7) is 1.45. The molecule has 19 heavy (non-hydrogen) atoms. The summed E-state index contributed by atoms with van der Waals surface area (Å²) in [6, 6.07) is 18.5. The molecule has 0 fully saturated rings. The van der Waals surface area contributed by atoms with Gasteiger partial charge in [0, 0.05) is 16.9 Å². The molecule has 2 nitrogen and oxygen atoms in total. The van der Waals surface area contributed by atoms with E-state index in [2.05, 4.69) is 35.0 Å². The molecule has 2 aromatic carbocycles. The Kier molecular flexibility index (Phi) is 3.65. The van der Waals surface area contributed by atoms with Crippen molar-refractivity contribution in [3.63, 3.8) is 0 Å². The third kappa shape index (κ3) is 3.06. The lowest BCUT2D eigenvalue weighted by atomic mass is 10.2. The molecule has 3 heteroatoms. The molecule has 3 rings (SSSR count). The Morgan fingerprint density at radius 1 is 1.00 bits per heavy atom. The molecular weight excluding hydrogens is 254 g/mol. The summed E-state index contributed by atoms with van der Waals surface area (Å²) in [6.07, 6.45) is 0. The zero-order valence-electron chi connectivity index (χ0n) is 10.5. The molecule has 1 aromatic heterocycles. The molecule has 0 spiro atoms. The minimum atomic E-state index is 0.658. The zero-order chi connectivity index (χ0) is 12.9. The van der Waals surface area contributed by atoms with Crippen molar-refractivity contribution in [3.8, 4) is 5.75 Å². The van der Waals surface area contributed by atoms with Crippen LogP contribution in [0.15, 0.2) is 60.0 Å². The van der Waals surface area contributed by atoms with Gasteiger partial charge in [-0.1, -0.05) is 18.2 Å². The molecular formula is C16H15NOS. The number of ether oxygens (including phenoxy) is 1. The average Bonchev–Trinajstić information content (AvgIpc) is 2.92. The highest BCUT2D eigenvalue weighted by atomic mass is 32.1. The third-order valence-corrected chi connectivity index (χ3v) is 3.79. The maximum Gasteiger partial charge on any atom is 0.119 e. The van der Waals surface area contributed by atoms with Crippen molar-refractivity contribution in [1.29, 1.82) is 0 Å². The molecule has 1 heterocycles. The van der Waals surface area contributed by atoms with Crippen molar-refractivity contribution in [2.75, 3.05) is 18.5 Å². The van der Waals surface area contributed by atoms with E-state index < -0.39 is 0 Å². The highest BCUT2D eigenvalue weighted by Gasteiger charge is 1.97. The van der Waals surface area contributed by atoms with Crippen LogP contribution in [0, 0.1) is 0 Å². The smallest absolute Gasteiger partial charge is 0.119 e. The molecule has 0 aliphatic heterocycles. The number of anilines is 1. The van der Waals surface area contributed by atoms with E-state index in [1.54, 1.807) is 11.3 Å². The number of benzene rings is 2. The van der Waals surface area contributed by atoms with E-state index in [1.165, 1.54) is 10.1 Å². The van der Waals surface area contributed by atoms with Crippen LogP contribution in [-0.2, 0) is 0 Å². The van der Waals surface area contributed by atoms with Gasteiger partial charge in [-0.2, -0.15) is 0 Å². The second kappa shape index (κ2) is 5.76. The zero-order valence-corrected chi connectivity index (χ0v) is 11.3. The lowest BCUT2D eigenvalue weighted by molar-refractivity contribution is 0.333. The van der Waals surface area contributed by atoms with Gasteiger partial charge in [-0.3, -0.25) is 0 Å². The Labute approximate surface area is 116 Å². The van der Waals surface area contributed by atoms with Gasteiger partial charge in [0.1, 0.15) is 12.4 Å². The molecule has 0 atom stereocenters. The number of fused-ring (bicyclic) bond motifs is 1. The molecule has 0 aliphatic rings. The van der Waals surface area contributed by atoms with Crippen molar-refractivity contribution >= 4 is 27.1 Å². The Bertz CT molecular complexity index is 648. The first-order chi connectivity index (χ1) is 9.42. The van der Waals surface area contributed by atoms with Crippen LogP contribution in [0.5, 0.6) is 5.75 Å². The Morgan fingerprint density at radius 3 is 2.79 bits per heavy atom. The standard InChI is InChI=1S/C16H15NOS/c1-2-4-15(5-3-1)18-10-9-17-14-6-7-16-13(12-14)8-11-19-16/h1-8,11-12,17H,9-10H2. The molecule has 0 amide bonds. The number of thiophene rings is 1. The number of nitrogens with one attached hydrogen (secondary N) is 1. The SMILES string of the molecule is c1ccc(OCCNc2ccc3sccc3c2)cc1. The van der Waals surface area contributed by atoms with Gasteiger partial charge in [0.15, 0.2) is 0 Å². The van der Waals surface area contributed by atoms with E-state index in [0.717, 1.165) is 18.0 Å². The van der Waals surface area contributed by atoms with Gasteiger partial charge in [0.2, 0.25) is 0 Å². The van der Waals surface area contributed by atoms with Crippen molar-refractivity contribution in [1.82, 2.24) is 0 Å². The minimum absolute atomic E-state index is 0.658. The predicted octanol–water partition coefficient (Wildman–Crippen LogP) is 4.39. The average molecular weight is 269 g/mol. The number of rotatable bonds is 5. The third-order valence-electron chi connectivity index (χ3n) is 2.90. The van der Waals surface area contributed by atoms with Crippen molar-refractivity contribution in [2.24, 2.45) is 0 Å². The van der Waals surface area contributed by atoms with Gasteiger partial charge in [-0.15, -0.1) is 11.3 Å². The monoisotopic (exact) mass is 269 g/mol. The van der Waals surface area contributed by atoms with Crippen LogP contribution in [0.25, 0.3) is 10.1 Å². The summed E-state index contributed by atoms with van der Waals surface area (Å²) in [5.41, 5.74) is 1.14. The topological polar surface area (TPSA) is 21.3 Å². The Hall–Kier alpha value is -2.00.